The zero-order valence-electron chi connectivity index (χ0n) is 37.2. The van der Waals surface area contributed by atoms with Crippen molar-refractivity contribution in [1.29, 1.82) is 5.26 Å². The molecular formula is C64H34N4O2. The lowest BCUT2D eigenvalue weighted by Crippen LogP contribution is -2.02. The van der Waals surface area contributed by atoms with E-state index in [1.54, 1.807) is 0 Å². The molecule has 0 aliphatic carbocycles. The summed E-state index contributed by atoms with van der Waals surface area (Å²) in [4.78, 5) is 4.24. The van der Waals surface area contributed by atoms with Crippen LogP contribution in [0.3, 0.4) is 0 Å². The lowest BCUT2D eigenvalue weighted by atomic mass is 9.99. The van der Waals surface area contributed by atoms with Crippen LogP contribution in [0.5, 0.6) is 0 Å². The topological polar surface area (TPSA) is 64.3 Å². The molecule has 70 heavy (non-hydrogen) atoms. The summed E-state index contributed by atoms with van der Waals surface area (Å²) in [6, 6.07) is 74.2. The molecule has 15 rings (SSSR count). The van der Waals surface area contributed by atoms with E-state index in [-0.39, 0.29) is 0 Å². The van der Waals surface area contributed by atoms with Gasteiger partial charge in [-0.2, -0.15) is 5.26 Å². The fourth-order valence-corrected chi connectivity index (χ4v) is 11.4. The van der Waals surface area contributed by atoms with Crippen LogP contribution in [0.1, 0.15) is 5.56 Å². The van der Waals surface area contributed by atoms with Crippen molar-refractivity contribution in [3.63, 3.8) is 0 Å². The minimum atomic E-state index is 0.381. The number of nitriles is 1. The molecule has 0 spiro atoms. The van der Waals surface area contributed by atoms with Crippen LogP contribution in [-0.4, -0.2) is 9.13 Å². The van der Waals surface area contributed by atoms with Crippen molar-refractivity contribution >= 4 is 115 Å². The van der Waals surface area contributed by atoms with Gasteiger partial charge in [-0.05, 0) is 129 Å². The van der Waals surface area contributed by atoms with Crippen molar-refractivity contribution in [2.24, 2.45) is 0 Å². The van der Waals surface area contributed by atoms with Gasteiger partial charge in [0.15, 0.2) is 0 Å². The Hall–Kier alpha value is -9.88. The molecular weight excluding hydrogens is 857 g/mol. The van der Waals surface area contributed by atoms with E-state index in [0.717, 1.165) is 137 Å². The Kier molecular flexibility index (Phi) is 7.82. The monoisotopic (exact) mass is 890 g/mol. The summed E-state index contributed by atoms with van der Waals surface area (Å²) in [6.07, 6.45) is 0. The van der Waals surface area contributed by atoms with Crippen LogP contribution >= 0.6 is 0 Å². The molecule has 0 saturated carbocycles. The van der Waals surface area contributed by atoms with Gasteiger partial charge in [-0.25, -0.2) is 4.85 Å². The number of hydrogen-bond acceptors (Lipinski definition) is 3. The van der Waals surface area contributed by atoms with Gasteiger partial charge in [0.25, 0.3) is 0 Å². The maximum atomic E-state index is 11.3. The average molecular weight is 891 g/mol. The van der Waals surface area contributed by atoms with Crippen LogP contribution in [-0.2, 0) is 0 Å². The fraction of sp³-hybridized carbons (Fsp3) is 0. The van der Waals surface area contributed by atoms with Crippen molar-refractivity contribution in [2.75, 3.05) is 0 Å². The summed E-state index contributed by atoms with van der Waals surface area (Å²) < 4.78 is 17.0. The van der Waals surface area contributed by atoms with Crippen molar-refractivity contribution < 1.29 is 8.83 Å². The second kappa shape index (κ2) is 14.3. The quantitative estimate of drug-likeness (QED) is 0.165. The molecule has 0 fully saturated rings. The van der Waals surface area contributed by atoms with E-state index >= 15 is 0 Å². The number of fused-ring (bicyclic) bond motifs is 16. The van der Waals surface area contributed by atoms with Gasteiger partial charge in [0.2, 0.25) is 5.69 Å². The maximum absolute atomic E-state index is 11.3. The second-order valence-electron chi connectivity index (χ2n) is 18.2. The second-order valence-corrected chi connectivity index (χ2v) is 18.2. The highest BCUT2D eigenvalue weighted by atomic mass is 16.3. The molecule has 0 saturated heterocycles. The smallest absolute Gasteiger partial charge is 0.214 e. The molecule has 322 valence electrons. The van der Waals surface area contributed by atoms with Crippen LogP contribution in [0.25, 0.3) is 148 Å². The lowest BCUT2D eigenvalue weighted by Gasteiger charge is -2.16. The van der Waals surface area contributed by atoms with Gasteiger partial charge < -0.3 is 18.0 Å². The number of para-hydroxylation sites is 2. The highest BCUT2D eigenvalue weighted by Gasteiger charge is 2.24. The highest BCUT2D eigenvalue weighted by molar-refractivity contribution is 6.24. The first kappa shape index (κ1) is 38.2. The lowest BCUT2D eigenvalue weighted by molar-refractivity contribution is 0.668. The standard InChI is InChI=1S/C64H34N4O2/c1-66-53-35-44(67-54-26-22-39(31-51(54)62-45-12-4-2-10-37(45)20-28-56(62)67)41-18-24-49-47-14-6-8-16-58(47)69-60(49)33-41)30-43(36-65)64(53)68-55-27-23-40(32-52(55)63-46-13-5-3-11-38(46)21-29-57(63)68)42-19-25-50-48-15-7-9-17-59(48)70-61(50)34-42/h2-35H. The van der Waals surface area contributed by atoms with E-state index < -0.39 is 0 Å². The highest BCUT2D eigenvalue weighted by Crippen LogP contribution is 2.45. The van der Waals surface area contributed by atoms with Gasteiger partial charge in [-0.1, -0.05) is 121 Å². The third-order valence-corrected chi connectivity index (χ3v) is 14.5. The molecule has 0 N–H and O–H groups in total. The Morgan fingerprint density at radius 3 is 1.37 bits per heavy atom. The molecule has 0 aliphatic rings. The molecule has 15 aromatic rings. The Balaban J connectivity index is 0.944. The normalized spacial score (nSPS) is 12.0. The first-order valence-corrected chi connectivity index (χ1v) is 23.3. The minimum absolute atomic E-state index is 0.381. The molecule has 4 aromatic heterocycles. The fourth-order valence-electron chi connectivity index (χ4n) is 11.4. The maximum Gasteiger partial charge on any atom is 0.214 e. The predicted molar refractivity (Wildman–Crippen MR) is 287 cm³/mol. The molecule has 4 heterocycles. The SMILES string of the molecule is [C-]#[N+]c1cc(-n2c3ccc(-c4ccc5c(c4)oc4ccccc45)cc3c3c4ccccc4ccc32)cc(C#N)c1-n1c2ccc(-c3ccc4c(c3)oc3ccccc34)cc2c2c3ccccc3ccc21. The van der Waals surface area contributed by atoms with E-state index in [0.29, 0.717) is 16.9 Å². The molecule has 11 aromatic carbocycles. The van der Waals surface area contributed by atoms with Crippen molar-refractivity contribution in [3.05, 3.63) is 223 Å². The summed E-state index contributed by atoms with van der Waals surface area (Å²) >= 11 is 0. The van der Waals surface area contributed by atoms with Gasteiger partial charge in [-0.15, -0.1) is 0 Å². The van der Waals surface area contributed by atoms with E-state index in [4.69, 9.17) is 15.4 Å². The zero-order valence-corrected chi connectivity index (χ0v) is 37.2. The molecule has 0 atom stereocenters. The molecule has 0 unspecified atom stereocenters. The number of benzene rings is 11. The predicted octanol–water partition coefficient (Wildman–Crippen LogP) is 17.7. The first-order valence-electron chi connectivity index (χ1n) is 23.3. The van der Waals surface area contributed by atoms with Gasteiger partial charge in [0.05, 0.1) is 39.9 Å². The van der Waals surface area contributed by atoms with E-state index in [1.807, 2.05) is 48.5 Å². The zero-order chi connectivity index (χ0) is 46.2. The molecule has 6 heteroatoms. The van der Waals surface area contributed by atoms with Crippen LogP contribution in [0.15, 0.2) is 215 Å². The van der Waals surface area contributed by atoms with Crippen molar-refractivity contribution in [3.8, 4) is 39.7 Å². The third kappa shape index (κ3) is 5.36. The number of hydrogen-bond donors (Lipinski definition) is 0. The van der Waals surface area contributed by atoms with E-state index in [9.17, 15) is 5.26 Å². The Bertz CT molecular complexity index is 4840. The largest absolute Gasteiger partial charge is 0.456 e. The summed E-state index contributed by atoms with van der Waals surface area (Å²) in [7, 11) is 0. The van der Waals surface area contributed by atoms with Crippen molar-refractivity contribution in [1.82, 2.24) is 9.13 Å². The Labute approximate surface area is 399 Å². The summed E-state index contributed by atoms with van der Waals surface area (Å²) in [5.74, 6) is 0. The Morgan fingerprint density at radius 2 is 0.829 bits per heavy atom. The molecule has 0 aliphatic heterocycles. The number of aromatic nitrogens is 2. The van der Waals surface area contributed by atoms with Gasteiger partial charge >= 0.3 is 0 Å². The van der Waals surface area contributed by atoms with Gasteiger partial charge in [0, 0.05) is 48.8 Å². The molecule has 0 radical (unpaired) electrons. The number of furan rings is 2. The van der Waals surface area contributed by atoms with Crippen LogP contribution < -0.4 is 0 Å². The number of nitrogens with zero attached hydrogens (tertiary/aromatic N) is 4. The van der Waals surface area contributed by atoms with Crippen LogP contribution in [0.4, 0.5) is 5.69 Å². The number of rotatable bonds is 4. The molecule has 6 nitrogen and oxygen atoms in total. The minimum Gasteiger partial charge on any atom is -0.456 e. The van der Waals surface area contributed by atoms with Gasteiger partial charge in [0.1, 0.15) is 28.4 Å². The Morgan fingerprint density at radius 1 is 0.386 bits per heavy atom. The van der Waals surface area contributed by atoms with Crippen LogP contribution in [0, 0.1) is 17.9 Å². The molecule has 0 amide bonds. The average Bonchev–Trinajstić information content (AvgIpc) is 4.17. The van der Waals surface area contributed by atoms with Crippen molar-refractivity contribution in [2.45, 2.75) is 0 Å². The third-order valence-electron chi connectivity index (χ3n) is 14.5. The van der Waals surface area contributed by atoms with Crippen LogP contribution in [0.2, 0.25) is 0 Å². The summed E-state index contributed by atoms with van der Waals surface area (Å²) in [5.41, 5.74) is 13.5. The van der Waals surface area contributed by atoms with E-state index in [2.05, 4.69) is 178 Å². The van der Waals surface area contributed by atoms with E-state index in [1.165, 1.54) is 0 Å². The van der Waals surface area contributed by atoms with Gasteiger partial charge in [-0.3, -0.25) is 0 Å². The molecule has 0 bridgehead atoms. The first-order chi connectivity index (χ1) is 34.6. The summed E-state index contributed by atoms with van der Waals surface area (Å²) in [6.45, 7) is 8.81. The summed E-state index contributed by atoms with van der Waals surface area (Å²) in [5, 5.41) is 24.4.